The van der Waals surface area contributed by atoms with Crippen LogP contribution in [0.4, 0.5) is 0 Å². The maximum absolute atomic E-state index is 9.90. The number of benzene rings is 1. The van der Waals surface area contributed by atoms with Crippen molar-refractivity contribution in [2.24, 2.45) is 5.92 Å². The summed E-state index contributed by atoms with van der Waals surface area (Å²) in [7, 11) is 0. The fraction of sp³-hybridized carbons (Fsp3) is 0.538. The van der Waals surface area contributed by atoms with E-state index in [-0.39, 0.29) is 6.10 Å². The van der Waals surface area contributed by atoms with E-state index in [1.165, 1.54) is 5.30 Å². The van der Waals surface area contributed by atoms with Crippen LogP contribution >= 0.6 is 6.04 Å². The lowest BCUT2D eigenvalue weighted by Gasteiger charge is -2.39. The van der Waals surface area contributed by atoms with Gasteiger partial charge in [0, 0.05) is 0 Å². The van der Waals surface area contributed by atoms with Crippen LogP contribution in [-0.2, 0) is 11.8 Å². The highest BCUT2D eigenvalue weighted by Crippen LogP contribution is 2.56. The summed E-state index contributed by atoms with van der Waals surface area (Å²) in [5, 5.41) is 11.2. The molecule has 1 aromatic rings. The van der Waals surface area contributed by atoms with Crippen molar-refractivity contribution >= 4 is 23.1 Å². The molecule has 1 saturated heterocycles. The fourth-order valence-corrected chi connectivity index (χ4v) is 7.26. The molecule has 1 heterocycles. The zero-order valence-corrected chi connectivity index (χ0v) is 11.5. The average molecular weight is 254 g/mol. The number of hydrogen-bond donors (Lipinski definition) is 1. The Hall–Kier alpha value is -0.170. The lowest BCUT2D eigenvalue weighted by atomic mass is 10.0. The minimum Gasteiger partial charge on any atom is -0.393 e. The molecule has 3 heteroatoms. The van der Waals surface area contributed by atoms with Crippen molar-refractivity contribution in [2.75, 3.05) is 6.16 Å². The minimum absolute atomic E-state index is 0.158. The Morgan fingerprint density at radius 3 is 2.50 bits per heavy atom. The molecule has 88 valence electrons. The molecule has 1 aliphatic rings. The van der Waals surface area contributed by atoms with E-state index in [4.69, 9.17) is 11.8 Å². The monoisotopic (exact) mass is 254 g/mol. The third-order valence-electron chi connectivity index (χ3n) is 3.70. The van der Waals surface area contributed by atoms with Gasteiger partial charge in [-0.05, 0) is 35.5 Å². The first-order valence-electron chi connectivity index (χ1n) is 5.86. The average Bonchev–Trinajstić information content (AvgIpc) is 2.28. The lowest BCUT2D eigenvalue weighted by Crippen LogP contribution is -2.35. The highest BCUT2D eigenvalue weighted by molar-refractivity contribution is 8.18. The fourth-order valence-electron chi connectivity index (χ4n) is 2.52. The van der Waals surface area contributed by atoms with Crippen LogP contribution in [0.15, 0.2) is 30.3 Å². The molecule has 0 amide bonds. The molecule has 1 fully saturated rings. The molecule has 0 spiro atoms. The van der Waals surface area contributed by atoms with Crippen LogP contribution < -0.4 is 5.30 Å². The molecule has 16 heavy (non-hydrogen) atoms. The molecule has 0 saturated carbocycles. The molecule has 1 N–H and O–H groups in total. The summed E-state index contributed by atoms with van der Waals surface area (Å²) >= 11 is 5.97. The topological polar surface area (TPSA) is 20.2 Å². The van der Waals surface area contributed by atoms with E-state index in [2.05, 4.69) is 38.1 Å². The summed E-state index contributed by atoms with van der Waals surface area (Å²) < 4.78 is 0. The normalized spacial score (nSPS) is 39.6. The lowest BCUT2D eigenvalue weighted by molar-refractivity contribution is 0.112. The van der Waals surface area contributed by atoms with Gasteiger partial charge in [-0.1, -0.05) is 56.0 Å². The van der Waals surface area contributed by atoms with E-state index in [9.17, 15) is 5.11 Å². The number of hydrogen-bond acceptors (Lipinski definition) is 2. The Morgan fingerprint density at radius 1 is 1.25 bits per heavy atom. The number of rotatable bonds is 1. The first kappa shape index (κ1) is 12.3. The second-order valence-electron chi connectivity index (χ2n) is 4.94. The van der Waals surface area contributed by atoms with E-state index in [1.54, 1.807) is 0 Å². The molecule has 0 radical (unpaired) electrons. The standard InChI is InChI=1S/C13H19OPS/c1-10-9-15(16,11(2)8-13(10)14)12-6-4-3-5-7-12/h3-7,10-11,13-14H,8-9H2,1-2H3/t10-,11+,13-,15-/m1/s1. The van der Waals surface area contributed by atoms with Gasteiger partial charge in [-0.3, -0.25) is 0 Å². The Morgan fingerprint density at radius 2 is 1.88 bits per heavy atom. The Bertz CT molecular complexity index is 404. The first-order chi connectivity index (χ1) is 7.54. The zero-order valence-electron chi connectivity index (χ0n) is 9.84. The van der Waals surface area contributed by atoms with Gasteiger partial charge in [0.05, 0.1) is 6.10 Å². The second kappa shape index (κ2) is 4.60. The van der Waals surface area contributed by atoms with Crippen LogP contribution in [0.3, 0.4) is 0 Å². The van der Waals surface area contributed by atoms with Crippen molar-refractivity contribution < 1.29 is 5.11 Å². The predicted octanol–water partition coefficient (Wildman–Crippen LogP) is 2.58. The highest BCUT2D eigenvalue weighted by atomic mass is 32.4. The Balaban J connectivity index is 2.35. The van der Waals surface area contributed by atoms with E-state index in [1.807, 2.05) is 6.07 Å². The van der Waals surface area contributed by atoms with Gasteiger partial charge in [0.2, 0.25) is 0 Å². The molecule has 0 unspecified atom stereocenters. The van der Waals surface area contributed by atoms with Crippen molar-refractivity contribution in [2.45, 2.75) is 32.0 Å². The maximum atomic E-state index is 9.90. The smallest absolute Gasteiger partial charge is 0.0575 e. The van der Waals surface area contributed by atoms with Crippen LogP contribution in [0.25, 0.3) is 0 Å². The van der Waals surface area contributed by atoms with Crippen LogP contribution in [0, 0.1) is 5.92 Å². The second-order valence-corrected chi connectivity index (χ2v) is 10.3. The molecule has 0 aromatic heterocycles. The quantitative estimate of drug-likeness (QED) is 0.777. The summed E-state index contributed by atoms with van der Waals surface area (Å²) in [5.74, 6) is 0.349. The van der Waals surface area contributed by atoms with Gasteiger partial charge >= 0.3 is 0 Å². The molecule has 1 aliphatic heterocycles. The summed E-state index contributed by atoms with van der Waals surface area (Å²) in [6, 6.07) is 9.05. The highest BCUT2D eigenvalue weighted by Gasteiger charge is 2.37. The van der Waals surface area contributed by atoms with E-state index < -0.39 is 6.04 Å². The van der Waals surface area contributed by atoms with Crippen molar-refractivity contribution in [1.82, 2.24) is 0 Å². The molecule has 1 aromatic carbocycles. The Labute approximate surface area is 103 Å². The first-order valence-corrected chi connectivity index (χ1v) is 8.92. The molecular weight excluding hydrogens is 235 g/mol. The van der Waals surface area contributed by atoms with Gasteiger partial charge in [-0.15, -0.1) is 0 Å². The van der Waals surface area contributed by atoms with Crippen LogP contribution in [-0.4, -0.2) is 23.0 Å². The SMILES string of the molecule is C[C@@H]1C[P@](=S)(c2ccccc2)[C@@H](C)C[C@H]1O. The van der Waals surface area contributed by atoms with Crippen LogP contribution in [0.1, 0.15) is 20.3 Å². The zero-order chi connectivity index (χ0) is 11.8. The summed E-state index contributed by atoms with van der Waals surface area (Å²) in [6.45, 7) is 4.34. The van der Waals surface area contributed by atoms with Crippen molar-refractivity contribution in [3.05, 3.63) is 30.3 Å². The van der Waals surface area contributed by atoms with Gasteiger partial charge in [-0.25, -0.2) is 0 Å². The molecule has 0 bridgehead atoms. The van der Waals surface area contributed by atoms with E-state index >= 15 is 0 Å². The Kier molecular flexibility index (Phi) is 3.53. The molecule has 4 atom stereocenters. The van der Waals surface area contributed by atoms with Gasteiger partial charge in [0.1, 0.15) is 0 Å². The number of aliphatic hydroxyl groups is 1. The third-order valence-corrected chi connectivity index (χ3v) is 9.79. The van der Waals surface area contributed by atoms with Crippen molar-refractivity contribution in [3.8, 4) is 0 Å². The largest absolute Gasteiger partial charge is 0.393 e. The molecular formula is C13H19OPS. The molecule has 0 aliphatic carbocycles. The predicted molar refractivity (Wildman–Crippen MR) is 74.5 cm³/mol. The van der Waals surface area contributed by atoms with E-state index in [0.29, 0.717) is 11.6 Å². The molecule has 1 nitrogen and oxygen atoms in total. The van der Waals surface area contributed by atoms with Gasteiger partial charge in [-0.2, -0.15) is 0 Å². The number of aliphatic hydroxyl groups excluding tert-OH is 1. The minimum atomic E-state index is -1.48. The van der Waals surface area contributed by atoms with E-state index in [0.717, 1.165) is 12.6 Å². The summed E-state index contributed by atoms with van der Waals surface area (Å²) in [6.07, 6.45) is 1.72. The van der Waals surface area contributed by atoms with Gasteiger partial charge < -0.3 is 5.11 Å². The van der Waals surface area contributed by atoms with Crippen molar-refractivity contribution in [1.29, 1.82) is 0 Å². The van der Waals surface area contributed by atoms with Crippen LogP contribution in [0.2, 0.25) is 0 Å². The summed E-state index contributed by atoms with van der Waals surface area (Å²) in [5.41, 5.74) is 0.469. The summed E-state index contributed by atoms with van der Waals surface area (Å²) in [4.78, 5) is 0. The molecule has 2 rings (SSSR count). The maximum Gasteiger partial charge on any atom is 0.0575 e. The van der Waals surface area contributed by atoms with Crippen LogP contribution in [0.5, 0.6) is 0 Å². The third kappa shape index (κ3) is 2.11. The van der Waals surface area contributed by atoms with Gasteiger partial charge in [0.15, 0.2) is 0 Å². The van der Waals surface area contributed by atoms with Crippen molar-refractivity contribution in [3.63, 3.8) is 0 Å². The van der Waals surface area contributed by atoms with Gasteiger partial charge in [0.25, 0.3) is 0 Å².